The lowest BCUT2D eigenvalue weighted by atomic mass is 9.87. The van der Waals surface area contributed by atoms with E-state index in [9.17, 15) is 0 Å². The van der Waals surface area contributed by atoms with Crippen molar-refractivity contribution < 1.29 is 9.32 Å². The van der Waals surface area contributed by atoms with E-state index in [1.807, 2.05) is 4.68 Å². The van der Waals surface area contributed by atoms with Gasteiger partial charge in [-0.3, -0.25) is 0 Å². The Bertz CT molecular complexity index is 1010. The van der Waals surface area contributed by atoms with Crippen molar-refractivity contribution >= 4 is 12.2 Å². The fourth-order valence-corrected chi connectivity index (χ4v) is 4.43. The van der Waals surface area contributed by atoms with Crippen molar-refractivity contribution in [2.24, 2.45) is 5.92 Å². The average molecular weight is 423 g/mol. The van der Waals surface area contributed by atoms with Crippen molar-refractivity contribution in [2.75, 3.05) is 13.1 Å². The number of likely N-dealkylation sites (tertiary alicyclic amines) is 1. The Kier molecular flexibility index (Phi) is 6.21. The van der Waals surface area contributed by atoms with E-state index in [0.717, 1.165) is 31.2 Å². The van der Waals surface area contributed by atoms with E-state index in [1.165, 1.54) is 35.3 Å². The molecule has 0 atom stereocenters. The van der Waals surface area contributed by atoms with Crippen molar-refractivity contribution in [1.82, 2.24) is 9.78 Å². The average Bonchev–Trinajstić information content (AvgIpc) is 3.10. The third kappa shape index (κ3) is 5.08. The standard InChI is InChI=1S/C25H31N3OS/c1-25(2,3)22-11-9-21(10-12-22)23-26-28(24(30)29-23)18-27-15-13-20(14-16-27)17-19-7-5-4-6-8-19/h4-12,20H,13-18H2,1-3H3/p+1. The largest absolute Gasteiger partial charge is 0.409 e. The van der Waals surface area contributed by atoms with E-state index in [2.05, 4.69) is 80.5 Å². The minimum absolute atomic E-state index is 0.133. The molecule has 1 aliphatic heterocycles. The molecule has 3 aromatic rings. The summed E-state index contributed by atoms with van der Waals surface area (Å²) in [6.07, 6.45) is 3.68. The third-order valence-corrected chi connectivity index (χ3v) is 6.45. The molecular formula is C25H32N3OS+. The van der Waals surface area contributed by atoms with Crippen LogP contribution in [0.5, 0.6) is 0 Å². The number of nitrogens with one attached hydrogen (secondary N) is 1. The molecule has 1 saturated heterocycles. The molecule has 0 aliphatic carbocycles. The Hall–Kier alpha value is -2.24. The number of hydrogen-bond acceptors (Lipinski definition) is 3. The van der Waals surface area contributed by atoms with E-state index < -0.39 is 0 Å². The van der Waals surface area contributed by atoms with Crippen molar-refractivity contribution in [3.05, 3.63) is 70.6 Å². The molecule has 0 unspecified atom stereocenters. The number of piperidine rings is 1. The van der Waals surface area contributed by atoms with Crippen LogP contribution in [0.3, 0.4) is 0 Å². The highest BCUT2D eigenvalue weighted by atomic mass is 32.1. The Balaban J connectivity index is 1.36. The fourth-order valence-electron chi connectivity index (χ4n) is 4.24. The third-order valence-electron chi connectivity index (χ3n) is 6.16. The summed E-state index contributed by atoms with van der Waals surface area (Å²) >= 11 is 5.46. The number of aromatic nitrogens is 2. The second-order valence-corrected chi connectivity index (χ2v) is 9.89. The molecule has 0 radical (unpaired) electrons. The maximum atomic E-state index is 5.82. The summed E-state index contributed by atoms with van der Waals surface area (Å²) in [5, 5.41) is 4.68. The maximum absolute atomic E-state index is 5.82. The van der Waals surface area contributed by atoms with E-state index in [-0.39, 0.29) is 5.41 Å². The maximum Gasteiger partial charge on any atom is 0.292 e. The summed E-state index contributed by atoms with van der Waals surface area (Å²) in [5.74, 6) is 1.39. The van der Waals surface area contributed by atoms with Crippen molar-refractivity contribution in [3.63, 3.8) is 0 Å². The Labute approximate surface area is 184 Å². The lowest BCUT2D eigenvalue weighted by molar-refractivity contribution is -0.929. The molecule has 1 aromatic heterocycles. The summed E-state index contributed by atoms with van der Waals surface area (Å²) < 4.78 is 7.68. The Morgan fingerprint density at radius 1 is 1.03 bits per heavy atom. The summed E-state index contributed by atoms with van der Waals surface area (Å²) in [5.41, 5.74) is 3.86. The highest BCUT2D eigenvalue weighted by Crippen LogP contribution is 2.25. The van der Waals surface area contributed by atoms with Gasteiger partial charge in [0.15, 0.2) is 6.67 Å². The number of benzene rings is 2. The van der Waals surface area contributed by atoms with E-state index >= 15 is 0 Å². The van der Waals surface area contributed by atoms with Gasteiger partial charge in [-0.2, -0.15) is 4.68 Å². The molecule has 1 aliphatic rings. The lowest BCUT2D eigenvalue weighted by Gasteiger charge is -2.28. The van der Waals surface area contributed by atoms with Gasteiger partial charge in [0.25, 0.3) is 4.84 Å². The molecule has 0 amide bonds. The second-order valence-electron chi connectivity index (χ2n) is 9.54. The van der Waals surface area contributed by atoms with Gasteiger partial charge in [-0.1, -0.05) is 63.2 Å². The van der Waals surface area contributed by atoms with Crippen LogP contribution in [-0.2, 0) is 18.5 Å². The van der Waals surface area contributed by atoms with Gasteiger partial charge < -0.3 is 9.32 Å². The predicted molar refractivity (Wildman–Crippen MR) is 123 cm³/mol. The van der Waals surface area contributed by atoms with Gasteiger partial charge in [0.1, 0.15) is 0 Å². The molecule has 0 saturated carbocycles. The molecule has 0 spiro atoms. The zero-order chi connectivity index (χ0) is 21.1. The minimum atomic E-state index is 0.133. The second kappa shape index (κ2) is 8.86. The van der Waals surface area contributed by atoms with Crippen LogP contribution >= 0.6 is 12.2 Å². The van der Waals surface area contributed by atoms with Crippen LogP contribution in [0.25, 0.3) is 11.5 Å². The topological polar surface area (TPSA) is 35.4 Å². The van der Waals surface area contributed by atoms with E-state index in [4.69, 9.17) is 16.6 Å². The molecule has 5 heteroatoms. The first-order chi connectivity index (χ1) is 14.4. The minimum Gasteiger partial charge on any atom is -0.409 e. The van der Waals surface area contributed by atoms with Gasteiger partial charge in [-0.05, 0) is 66.1 Å². The molecule has 1 N–H and O–H groups in total. The van der Waals surface area contributed by atoms with E-state index in [1.54, 1.807) is 0 Å². The quantitative estimate of drug-likeness (QED) is 0.607. The van der Waals surface area contributed by atoms with Crippen LogP contribution in [0.2, 0.25) is 0 Å². The molecule has 4 rings (SSSR count). The smallest absolute Gasteiger partial charge is 0.292 e. The van der Waals surface area contributed by atoms with Gasteiger partial charge in [-0.15, -0.1) is 5.10 Å². The van der Waals surface area contributed by atoms with Gasteiger partial charge in [-0.25, -0.2) is 0 Å². The van der Waals surface area contributed by atoms with Gasteiger partial charge in [0.2, 0.25) is 5.89 Å². The van der Waals surface area contributed by atoms with Crippen LogP contribution < -0.4 is 4.90 Å². The summed E-state index contributed by atoms with van der Waals surface area (Å²) in [6.45, 7) is 9.74. The first-order valence-electron chi connectivity index (χ1n) is 10.9. The Morgan fingerprint density at radius 2 is 1.70 bits per heavy atom. The molecular weight excluding hydrogens is 390 g/mol. The molecule has 2 aromatic carbocycles. The summed E-state index contributed by atoms with van der Waals surface area (Å²) in [4.78, 5) is 1.99. The van der Waals surface area contributed by atoms with Gasteiger partial charge >= 0.3 is 0 Å². The van der Waals surface area contributed by atoms with Crippen molar-refractivity contribution in [3.8, 4) is 11.5 Å². The van der Waals surface area contributed by atoms with Crippen LogP contribution in [0, 0.1) is 10.8 Å². The van der Waals surface area contributed by atoms with Crippen molar-refractivity contribution in [1.29, 1.82) is 0 Å². The lowest BCUT2D eigenvalue weighted by Crippen LogP contribution is -3.12. The first-order valence-corrected chi connectivity index (χ1v) is 11.4. The number of rotatable bonds is 5. The molecule has 1 fully saturated rings. The summed E-state index contributed by atoms with van der Waals surface area (Å²) in [7, 11) is 0. The van der Waals surface area contributed by atoms with Crippen LogP contribution in [0.1, 0.15) is 44.7 Å². The highest BCUT2D eigenvalue weighted by molar-refractivity contribution is 7.71. The molecule has 158 valence electrons. The number of nitrogens with zero attached hydrogens (tertiary/aromatic N) is 2. The zero-order valence-corrected chi connectivity index (χ0v) is 19.0. The monoisotopic (exact) mass is 422 g/mol. The highest BCUT2D eigenvalue weighted by Gasteiger charge is 2.23. The molecule has 2 heterocycles. The molecule has 0 bridgehead atoms. The zero-order valence-electron chi connectivity index (χ0n) is 18.2. The fraction of sp³-hybridized carbons (Fsp3) is 0.440. The predicted octanol–water partition coefficient (Wildman–Crippen LogP) is 4.67. The van der Waals surface area contributed by atoms with Gasteiger partial charge in [0.05, 0.1) is 13.1 Å². The van der Waals surface area contributed by atoms with Crippen LogP contribution in [0.4, 0.5) is 0 Å². The number of hydrogen-bond donors (Lipinski definition) is 1. The van der Waals surface area contributed by atoms with Crippen molar-refractivity contribution in [2.45, 2.75) is 52.1 Å². The molecule has 30 heavy (non-hydrogen) atoms. The summed E-state index contributed by atoms with van der Waals surface area (Å²) in [6, 6.07) is 19.3. The van der Waals surface area contributed by atoms with Crippen LogP contribution in [0.15, 0.2) is 59.0 Å². The first kappa shape index (κ1) is 21.0. The van der Waals surface area contributed by atoms with E-state index in [0.29, 0.717) is 10.7 Å². The van der Waals surface area contributed by atoms with Crippen LogP contribution in [-0.4, -0.2) is 22.9 Å². The Morgan fingerprint density at radius 3 is 2.33 bits per heavy atom. The normalized spacial score (nSPS) is 19.7. The van der Waals surface area contributed by atoms with Gasteiger partial charge in [0, 0.05) is 5.56 Å². The molecule has 4 nitrogen and oxygen atoms in total. The number of quaternary nitrogens is 1. The SMILES string of the molecule is CC(C)(C)c1ccc(-c2nn(C[NH+]3CCC(Cc4ccccc4)CC3)c(=S)o2)cc1.